The Morgan fingerprint density at radius 1 is 0.696 bits per heavy atom. The summed E-state index contributed by atoms with van der Waals surface area (Å²) in [5.41, 5.74) is 2.15. The highest BCUT2D eigenvalue weighted by Gasteiger charge is 2.50. The largest absolute Gasteiger partial charge is 0.458 e. The number of carbonyl (C=O) groups excluding carboxylic acids is 9. The van der Waals surface area contributed by atoms with Gasteiger partial charge in [0.2, 0.25) is 62.3 Å². The zero-order valence-electron chi connectivity index (χ0n) is 64.9. The summed E-state index contributed by atoms with van der Waals surface area (Å²) in [6.45, 7) is 6.23. The molecule has 2 aliphatic carbocycles. The molecule has 0 saturated heterocycles. The van der Waals surface area contributed by atoms with Crippen LogP contribution in [0.1, 0.15) is 115 Å². The average molecular weight is 1630 g/mol. The Kier molecular flexibility index (Phi) is 34.8. The molecule has 4 aliphatic rings. The number of nitrogens with one attached hydrogen (secondary N) is 8. The van der Waals surface area contributed by atoms with Gasteiger partial charge in [-0.05, 0) is 80.2 Å². The molecule has 9 N–H and O–H groups in total. The van der Waals surface area contributed by atoms with Gasteiger partial charge in [0.25, 0.3) is 5.56 Å². The van der Waals surface area contributed by atoms with E-state index in [0.29, 0.717) is 148 Å². The molecular formula is C78H101FN12O23S. The fraction of sp³-hybridized carbons (Fsp3) is 0.551. The van der Waals surface area contributed by atoms with Crippen LogP contribution in [0.25, 0.3) is 22.3 Å². The van der Waals surface area contributed by atoms with Gasteiger partial charge in [-0.3, -0.25) is 43.2 Å². The number of aryl methyl sites for hydroxylation is 1. The van der Waals surface area contributed by atoms with Crippen molar-refractivity contribution >= 4 is 74.0 Å². The zero-order valence-corrected chi connectivity index (χ0v) is 65.7. The smallest absolute Gasteiger partial charge is 0.343 e. The molecule has 0 radical (unpaired) electrons. The highest BCUT2D eigenvalue weighted by molar-refractivity contribution is 7.90. The van der Waals surface area contributed by atoms with Gasteiger partial charge in [0, 0.05) is 80.6 Å². The van der Waals surface area contributed by atoms with E-state index in [0.717, 1.165) is 19.1 Å². The molecule has 5 atom stereocenters. The van der Waals surface area contributed by atoms with E-state index >= 15 is 4.39 Å². The number of halogens is 1. The van der Waals surface area contributed by atoms with Gasteiger partial charge in [0.05, 0.1) is 159 Å². The number of aromatic nitrogens is 4. The summed E-state index contributed by atoms with van der Waals surface area (Å²) in [5, 5.41) is 32.9. The van der Waals surface area contributed by atoms with Crippen molar-refractivity contribution in [3.05, 3.63) is 116 Å². The monoisotopic (exact) mass is 1620 g/mol. The summed E-state index contributed by atoms with van der Waals surface area (Å²) >= 11 is 0. The highest BCUT2D eigenvalue weighted by atomic mass is 32.2. The Morgan fingerprint density at radius 2 is 1.29 bits per heavy atom. The Balaban J connectivity index is 0.683. The molecule has 37 heteroatoms. The number of cyclic esters (lactones) is 1. The van der Waals surface area contributed by atoms with E-state index in [1.807, 2.05) is 0 Å². The van der Waals surface area contributed by atoms with Crippen LogP contribution in [0.2, 0.25) is 0 Å². The van der Waals surface area contributed by atoms with Crippen LogP contribution in [0.4, 0.5) is 4.39 Å². The van der Waals surface area contributed by atoms with Crippen molar-refractivity contribution in [3.63, 3.8) is 0 Å². The lowest BCUT2D eigenvalue weighted by Crippen LogP contribution is -2.52. The van der Waals surface area contributed by atoms with Crippen molar-refractivity contribution in [2.45, 2.75) is 133 Å². The van der Waals surface area contributed by atoms with Crippen LogP contribution in [0, 0.1) is 30.5 Å². The number of benzene rings is 2. The number of hydrogen-bond donors (Lipinski definition) is 9. The summed E-state index contributed by atoms with van der Waals surface area (Å²) in [4.78, 5) is 147. The molecule has 2 aliphatic heterocycles. The molecule has 624 valence electrons. The number of sulfone groups is 1. The van der Waals surface area contributed by atoms with Gasteiger partial charge < -0.3 is 99.6 Å². The third kappa shape index (κ3) is 27.1. The van der Waals surface area contributed by atoms with Crippen LogP contribution in [-0.4, -0.2) is 250 Å². The van der Waals surface area contributed by atoms with Gasteiger partial charge in [-0.25, -0.2) is 32.6 Å². The number of aliphatic hydroxyl groups is 1. The van der Waals surface area contributed by atoms with Gasteiger partial charge in [-0.1, -0.05) is 55.0 Å². The third-order valence-electron chi connectivity index (χ3n) is 19.1. The SMILES string of the molecule is COCCOCCOCCOCCOCCOCCOCCOCCNC(=O)[C@H](CCC(=O)NCC(=O)NCC(=O)N[C@@H](Cc1ccccc1)C(=O)NCC(=O)NCO[C@@H](C)C(=O)N[C@H]1CCc2c(C)c(F)cc3nc4c(c1c23)Cn1c-4cc2c(c1=O)COC(=O)[C@]2(O)CC1CC1)NC(=O)CCCC#Cc1cnc(S(C)(=O)=O)nc1. The van der Waals surface area contributed by atoms with Gasteiger partial charge in [0.15, 0.2) is 5.60 Å². The molecule has 5 heterocycles. The predicted molar refractivity (Wildman–Crippen MR) is 408 cm³/mol. The minimum Gasteiger partial charge on any atom is -0.458 e. The first kappa shape index (κ1) is 89.1. The van der Waals surface area contributed by atoms with Crippen LogP contribution in [0.3, 0.4) is 0 Å². The fourth-order valence-corrected chi connectivity index (χ4v) is 13.4. The summed E-state index contributed by atoms with van der Waals surface area (Å²) in [5.74, 6) is -1.02. The highest BCUT2D eigenvalue weighted by Crippen LogP contribution is 2.48. The van der Waals surface area contributed by atoms with Gasteiger partial charge in [0.1, 0.15) is 37.3 Å². The standard InChI is InChI=1S/C78H101FN12O23S/c1-49-54-17-18-59(70-55-46-91-63(71(55)89-61(69(54)70)39-58(49)79)38-57-56(75(91)100)47-113-76(101)78(57,102)40-52-15-16-52)90-72(97)50(2)114-48-86-67(95)44-83-74(99)62(37-51-11-7-5-8-12-51)88-68(96)45-82-66(94)43-81-64(92)20-19-60(87-65(93)14-10-6-9-13-53-41-84-77(85-42-53)115(4,103)104)73(98)80-21-22-106-25-26-108-29-30-110-33-34-112-36-35-111-32-31-109-28-27-107-24-23-105-3/h5,7-8,11-12,38-39,41-42,50,52,59-60,62,102H,6,10,14-37,40,43-48H2,1-4H3,(H,80,98)(H,81,92)(H,82,94)(H,83,99)(H,86,95)(H,87,93)(H,88,96)(H,90,97)/t50-,59-,60-,62-,78-/m0/s1. The van der Waals surface area contributed by atoms with Crippen LogP contribution >= 0.6 is 0 Å². The van der Waals surface area contributed by atoms with Crippen molar-refractivity contribution < 1.29 is 108 Å². The number of methoxy groups -OCH3 is 1. The normalized spacial score (nSPS) is 15.9. The third-order valence-corrected chi connectivity index (χ3v) is 20.0. The number of rotatable bonds is 50. The van der Waals surface area contributed by atoms with Crippen molar-refractivity contribution in [1.82, 2.24) is 62.1 Å². The van der Waals surface area contributed by atoms with Gasteiger partial charge in [-0.15, -0.1) is 0 Å². The van der Waals surface area contributed by atoms with E-state index in [2.05, 4.69) is 64.3 Å². The number of hydrogen-bond acceptors (Lipinski definition) is 26. The predicted octanol–water partition coefficient (Wildman–Crippen LogP) is 0.135. The summed E-state index contributed by atoms with van der Waals surface area (Å²) in [6.07, 6.45) is 4.69. The minimum absolute atomic E-state index is 0.0308. The summed E-state index contributed by atoms with van der Waals surface area (Å²) in [7, 11) is -2.00. The number of amides is 8. The molecule has 0 spiro atoms. The van der Waals surface area contributed by atoms with Crippen LogP contribution in [0.5, 0.6) is 0 Å². The molecule has 115 heavy (non-hydrogen) atoms. The van der Waals surface area contributed by atoms with E-state index in [4.69, 9.17) is 52.4 Å². The molecule has 0 bridgehead atoms. The maximum absolute atomic E-state index is 15.6. The lowest BCUT2D eigenvalue weighted by Gasteiger charge is -2.32. The Labute approximate surface area is 664 Å². The molecule has 35 nitrogen and oxygen atoms in total. The number of nitrogens with zero attached hydrogens (tertiary/aromatic N) is 4. The quantitative estimate of drug-likeness (QED) is 0.00806. The second-order valence-corrected chi connectivity index (χ2v) is 29.7. The minimum atomic E-state index is -3.61. The first-order valence-electron chi connectivity index (χ1n) is 38.2. The van der Waals surface area contributed by atoms with Crippen molar-refractivity contribution in [2.75, 3.05) is 145 Å². The molecule has 3 aromatic heterocycles. The summed E-state index contributed by atoms with van der Waals surface area (Å²) in [6, 6.07) is 8.42. The number of ether oxygens (including phenoxy) is 10. The van der Waals surface area contributed by atoms with Crippen LogP contribution in [0.15, 0.2) is 64.8 Å². The molecular weight excluding hydrogens is 1520 g/mol. The van der Waals surface area contributed by atoms with E-state index in [1.165, 1.54) is 30.0 Å². The molecule has 1 saturated carbocycles. The average Bonchev–Trinajstić information content (AvgIpc) is 1.56. The number of esters is 1. The molecule has 1 fully saturated rings. The maximum atomic E-state index is 15.6. The zero-order chi connectivity index (χ0) is 82.3. The Morgan fingerprint density at radius 3 is 1.92 bits per heavy atom. The number of unbranched alkanes of at least 4 members (excludes halogenated alkanes) is 1. The van der Waals surface area contributed by atoms with Crippen molar-refractivity contribution in [2.24, 2.45) is 5.92 Å². The van der Waals surface area contributed by atoms with Crippen LogP contribution in [-0.2, 0) is 132 Å². The van der Waals surface area contributed by atoms with Crippen molar-refractivity contribution in [3.8, 4) is 23.2 Å². The summed E-state index contributed by atoms with van der Waals surface area (Å²) < 4.78 is 95.0. The fourth-order valence-electron chi connectivity index (χ4n) is 12.9. The maximum Gasteiger partial charge on any atom is 0.343 e. The first-order valence-corrected chi connectivity index (χ1v) is 40.1. The molecule has 0 unspecified atom stereocenters. The van der Waals surface area contributed by atoms with Gasteiger partial charge in [-0.2, -0.15) is 0 Å². The second kappa shape index (κ2) is 44.9. The molecule has 9 rings (SSSR count). The molecule has 5 aromatic rings. The lowest BCUT2D eigenvalue weighted by atomic mass is 9.81. The lowest BCUT2D eigenvalue weighted by molar-refractivity contribution is -0.173. The second-order valence-electron chi connectivity index (χ2n) is 27.8. The van der Waals surface area contributed by atoms with E-state index in [9.17, 15) is 61.5 Å². The number of fused-ring (bicyclic) bond motifs is 5. The first-order chi connectivity index (χ1) is 55.4. The van der Waals surface area contributed by atoms with Crippen molar-refractivity contribution in [1.29, 1.82) is 0 Å². The van der Waals surface area contributed by atoms with E-state index < -0.39 is 131 Å². The molecule has 2 aromatic carbocycles. The Hall–Kier alpha value is -9.85. The number of pyridine rings is 2. The Bertz CT molecular complexity index is 4470. The van der Waals surface area contributed by atoms with E-state index in [1.54, 1.807) is 50.4 Å². The molecule has 8 amide bonds. The van der Waals surface area contributed by atoms with Crippen LogP contribution < -0.4 is 48.1 Å². The number of carbonyl (C=O) groups is 9. The topological polar surface area (TPSA) is 457 Å². The van der Waals surface area contributed by atoms with E-state index in [-0.39, 0.29) is 107 Å². The van der Waals surface area contributed by atoms with Gasteiger partial charge >= 0.3 is 5.97 Å².